The number of amides is 4. The summed E-state index contributed by atoms with van der Waals surface area (Å²) in [5.41, 5.74) is 1.22. The number of carbonyl (C=O) groups excluding carboxylic acids is 5. The second-order valence-corrected chi connectivity index (χ2v) is 8.25. The highest BCUT2D eigenvalue weighted by Gasteiger charge is 2.73. The molecule has 0 bridgehead atoms. The van der Waals surface area contributed by atoms with Crippen molar-refractivity contribution in [1.82, 2.24) is 4.90 Å². The van der Waals surface area contributed by atoms with Gasteiger partial charge >= 0.3 is 5.97 Å². The van der Waals surface area contributed by atoms with Crippen molar-refractivity contribution in [2.75, 3.05) is 18.6 Å². The first-order valence-corrected chi connectivity index (χ1v) is 10.3. The lowest BCUT2D eigenvalue weighted by Crippen LogP contribution is -2.50. The maximum atomic E-state index is 13.0. The van der Waals surface area contributed by atoms with Gasteiger partial charge in [-0.2, -0.15) is 0 Å². The SMILES string of the molecule is CCCCCOC(=O)c1cc(C)cc(N2C(=O)C3C4C(=O)N(C)C(=O)C4C3C2=O)c1. The van der Waals surface area contributed by atoms with Gasteiger partial charge in [-0.1, -0.05) is 19.8 Å². The van der Waals surface area contributed by atoms with Crippen molar-refractivity contribution in [1.29, 1.82) is 0 Å². The highest BCUT2D eigenvalue weighted by Crippen LogP contribution is 2.56. The van der Waals surface area contributed by atoms with Crippen LogP contribution in [0.5, 0.6) is 0 Å². The topological polar surface area (TPSA) is 101 Å². The van der Waals surface area contributed by atoms with Crippen LogP contribution in [-0.2, 0) is 23.9 Å². The van der Waals surface area contributed by atoms with Crippen molar-refractivity contribution in [3.63, 3.8) is 0 Å². The summed E-state index contributed by atoms with van der Waals surface area (Å²) in [4.78, 5) is 65.1. The number of fused-ring (bicyclic) bond motifs is 4. The molecular formula is C22H24N2O6. The van der Waals surface area contributed by atoms with E-state index in [1.807, 2.05) is 0 Å². The van der Waals surface area contributed by atoms with Gasteiger partial charge in [0, 0.05) is 7.05 Å². The van der Waals surface area contributed by atoms with E-state index in [9.17, 15) is 24.0 Å². The van der Waals surface area contributed by atoms with Gasteiger partial charge < -0.3 is 4.74 Å². The van der Waals surface area contributed by atoms with Crippen LogP contribution in [0.1, 0.15) is 42.1 Å². The molecule has 1 aromatic rings. The first-order chi connectivity index (χ1) is 14.3. The third-order valence-corrected chi connectivity index (χ3v) is 6.33. The molecule has 2 aliphatic heterocycles. The Hall–Kier alpha value is -3.03. The van der Waals surface area contributed by atoms with E-state index in [2.05, 4.69) is 6.92 Å². The summed E-state index contributed by atoms with van der Waals surface area (Å²) in [6, 6.07) is 4.74. The summed E-state index contributed by atoms with van der Waals surface area (Å²) < 4.78 is 5.29. The largest absolute Gasteiger partial charge is 0.462 e. The number of esters is 1. The normalized spacial score (nSPS) is 27.3. The molecule has 158 valence electrons. The summed E-state index contributed by atoms with van der Waals surface area (Å²) in [5, 5.41) is 0. The highest BCUT2D eigenvalue weighted by atomic mass is 16.5. The van der Waals surface area contributed by atoms with E-state index in [1.165, 1.54) is 13.1 Å². The minimum atomic E-state index is -0.811. The zero-order valence-corrected chi connectivity index (χ0v) is 17.2. The second kappa shape index (κ2) is 7.34. The van der Waals surface area contributed by atoms with E-state index in [4.69, 9.17) is 4.74 Å². The molecule has 1 saturated carbocycles. The number of anilines is 1. The van der Waals surface area contributed by atoms with Gasteiger partial charge in [-0.15, -0.1) is 0 Å². The van der Waals surface area contributed by atoms with Crippen molar-refractivity contribution in [2.45, 2.75) is 33.1 Å². The Morgan fingerprint density at radius 2 is 1.47 bits per heavy atom. The number of unbranched alkanes of at least 4 members (excludes halogenated alkanes) is 2. The molecule has 4 rings (SSSR count). The molecular weight excluding hydrogens is 388 g/mol. The van der Waals surface area contributed by atoms with Crippen LogP contribution in [0, 0.1) is 30.6 Å². The van der Waals surface area contributed by atoms with E-state index in [1.54, 1.807) is 19.1 Å². The molecule has 0 radical (unpaired) electrons. The Balaban J connectivity index is 1.58. The molecule has 3 fully saturated rings. The van der Waals surface area contributed by atoms with Gasteiger partial charge in [-0.05, 0) is 37.1 Å². The lowest BCUT2D eigenvalue weighted by molar-refractivity contribution is -0.146. The molecule has 0 N–H and O–H groups in total. The zero-order chi connectivity index (χ0) is 21.7. The summed E-state index contributed by atoms with van der Waals surface area (Å²) in [6.45, 7) is 4.12. The van der Waals surface area contributed by atoms with E-state index in [-0.39, 0.29) is 11.3 Å². The minimum Gasteiger partial charge on any atom is -0.462 e. The zero-order valence-electron chi connectivity index (χ0n) is 17.2. The predicted molar refractivity (Wildman–Crippen MR) is 105 cm³/mol. The van der Waals surface area contributed by atoms with Gasteiger partial charge in [0.05, 0.1) is 41.5 Å². The van der Waals surface area contributed by atoms with Crippen LogP contribution in [0.2, 0.25) is 0 Å². The highest BCUT2D eigenvalue weighted by molar-refractivity contribution is 6.27. The molecule has 1 aromatic carbocycles. The number of ether oxygens (including phenoxy) is 1. The number of rotatable bonds is 6. The van der Waals surface area contributed by atoms with Gasteiger partial charge in [0.15, 0.2) is 0 Å². The molecule has 8 heteroatoms. The molecule has 3 aliphatic rings. The van der Waals surface area contributed by atoms with Crippen LogP contribution in [0.3, 0.4) is 0 Å². The maximum Gasteiger partial charge on any atom is 0.338 e. The van der Waals surface area contributed by atoms with Gasteiger partial charge in [-0.25, -0.2) is 9.69 Å². The number of benzene rings is 1. The number of likely N-dealkylation sites (tertiary alicyclic amines) is 1. The van der Waals surface area contributed by atoms with Crippen molar-refractivity contribution >= 4 is 35.3 Å². The number of aryl methyl sites for hydroxylation is 1. The fourth-order valence-electron chi connectivity index (χ4n) is 4.80. The van der Waals surface area contributed by atoms with Crippen LogP contribution in [0.15, 0.2) is 18.2 Å². The van der Waals surface area contributed by atoms with Crippen molar-refractivity contribution < 1.29 is 28.7 Å². The van der Waals surface area contributed by atoms with E-state index in [0.717, 1.165) is 29.1 Å². The summed E-state index contributed by atoms with van der Waals surface area (Å²) in [7, 11) is 1.38. The number of hydrogen-bond acceptors (Lipinski definition) is 6. The average molecular weight is 412 g/mol. The first-order valence-electron chi connectivity index (χ1n) is 10.3. The van der Waals surface area contributed by atoms with Crippen molar-refractivity contribution in [2.24, 2.45) is 23.7 Å². The van der Waals surface area contributed by atoms with Gasteiger partial charge in [0.1, 0.15) is 0 Å². The molecule has 4 amide bonds. The number of carbonyl (C=O) groups is 5. The number of nitrogens with zero attached hydrogens (tertiary/aromatic N) is 2. The summed E-state index contributed by atoms with van der Waals surface area (Å²) >= 11 is 0. The molecule has 4 unspecified atom stereocenters. The van der Waals surface area contributed by atoms with Crippen LogP contribution in [-0.4, -0.2) is 48.2 Å². The van der Waals surface area contributed by atoms with Crippen molar-refractivity contribution in [3.8, 4) is 0 Å². The third kappa shape index (κ3) is 2.85. The van der Waals surface area contributed by atoms with Crippen molar-refractivity contribution in [3.05, 3.63) is 29.3 Å². The summed E-state index contributed by atoms with van der Waals surface area (Å²) in [6.07, 6.45) is 2.74. The monoisotopic (exact) mass is 412 g/mol. The van der Waals surface area contributed by atoms with Crippen LogP contribution in [0.4, 0.5) is 5.69 Å². The Morgan fingerprint density at radius 1 is 0.900 bits per heavy atom. The van der Waals surface area contributed by atoms with Gasteiger partial charge in [0.25, 0.3) is 0 Å². The lowest BCUT2D eigenvalue weighted by atomic mass is 9.59. The number of imide groups is 2. The first kappa shape index (κ1) is 20.3. The Labute approximate surface area is 174 Å². The fourth-order valence-corrected chi connectivity index (χ4v) is 4.80. The van der Waals surface area contributed by atoms with Crippen LogP contribution >= 0.6 is 0 Å². The predicted octanol–water partition coefficient (Wildman–Crippen LogP) is 1.69. The Kier molecular flexibility index (Phi) is 4.95. The van der Waals surface area contributed by atoms with Gasteiger partial charge in [-0.3, -0.25) is 24.1 Å². The smallest absolute Gasteiger partial charge is 0.338 e. The van der Waals surface area contributed by atoms with E-state index >= 15 is 0 Å². The Bertz CT molecular complexity index is 930. The molecule has 2 saturated heterocycles. The average Bonchev–Trinajstić information content (AvgIpc) is 2.99. The molecule has 8 nitrogen and oxygen atoms in total. The molecule has 30 heavy (non-hydrogen) atoms. The quantitative estimate of drug-likeness (QED) is 0.400. The van der Waals surface area contributed by atoms with Crippen LogP contribution in [0.25, 0.3) is 0 Å². The second-order valence-electron chi connectivity index (χ2n) is 8.25. The van der Waals surface area contributed by atoms with Gasteiger partial charge in [0.2, 0.25) is 23.6 Å². The molecule has 1 aliphatic carbocycles. The molecule has 0 spiro atoms. The number of hydrogen-bond donors (Lipinski definition) is 0. The minimum absolute atomic E-state index is 0.258. The molecule has 0 aromatic heterocycles. The Morgan fingerprint density at radius 3 is 2.03 bits per heavy atom. The van der Waals surface area contributed by atoms with E-state index in [0.29, 0.717) is 12.2 Å². The lowest BCUT2D eigenvalue weighted by Gasteiger charge is -2.36. The van der Waals surface area contributed by atoms with E-state index < -0.39 is 53.3 Å². The molecule has 4 atom stereocenters. The standard InChI is InChI=1S/C22H24N2O6/c1-4-5-6-7-30-22(29)12-8-11(2)9-13(10-12)24-20(27)16-14-15(17(16)21(24)28)19(26)23(3)18(14)25/h8-10,14-17H,4-7H2,1-3H3. The third-order valence-electron chi connectivity index (χ3n) is 6.33. The maximum absolute atomic E-state index is 13.0. The summed E-state index contributed by atoms with van der Waals surface area (Å²) in [5.74, 6) is -5.45. The van der Waals surface area contributed by atoms with Crippen LogP contribution < -0.4 is 4.90 Å². The fraction of sp³-hybridized carbons (Fsp3) is 0.500. The molecule has 2 heterocycles.